The van der Waals surface area contributed by atoms with Crippen LogP contribution in [0.25, 0.3) is 0 Å². The Bertz CT molecular complexity index is 311. The minimum Gasteiger partial charge on any atom is -0.392 e. The molecule has 1 aromatic rings. The van der Waals surface area contributed by atoms with Gasteiger partial charge >= 0.3 is 0 Å². The lowest BCUT2D eigenvalue weighted by molar-refractivity contribution is 0.104. The third-order valence-corrected chi connectivity index (χ3v) is 3.02. The highest BCUT2D eigenvalue weighted by Crippen LogP contribution is 2.31. The average molecular weight is 191 g/mol. The van der Waals surface area contributed by atoms with Crippen LogP contribution in [0.3, 0.4) is 0 Å². The van der Waals surface area contributed by atoms with Crippen LogP contribution in [-0.4, -0.2) is 16.2 Å². The van der Waals surface area contributed by atoms with E-state index in [0.717, 1.165) is 30.7 Å². The summed E-state index contributed by atoms with van der Waals surface area (Å²) >= 11 is 0. The molecule has 1 N–H and O–H groups in total. The normalized spacial score (nSPS) is 27.6. The predicted molar refractivity (Wildman–Crippen MR) is 56.2 cm³/mol. The van der Waals surface area contributed by atoms with Gasteiger partial charge in [0.15, 0.2) is 0 Å². The van der Waals surface area contributed by atoms with Gasteiger partial charge in [-0.3, -0.25) is 4.98 Å². The van der Waals surface area contributed by atoms with Crippen LogP contribution in [0.1, 0.15) is 43.0 Å². The molecule has 1 saturated carbocycles. The van der Waals surface area contributed by atoms with Crippen LogP contribution >= 0.6 is 0 Å². The van der Waals surface area contributed by atoms with E-state index in [1.807, 2.05) is 25.1 Å². The van der Waals surface area contributed by atoms with Crippen LogP contribution in [0.2, 0.25) is 0 Å². The fraction of sp³-hybridized carbons (Fsp3) is 0.583. The van der Waals surface area contributed by atoms with Gasteiger partial charge in [-0.25, -0.2) is 0 Å². The molecule has 1 aliphatic rings. The first kappa shape index (κ1) is 9.66. The molecule has 1 heterocycles. The molecular weight excluding hydrogens is 174 g/mol. The molecule has 0 unspecified atom stereocenters. The van der Waals surface area contributed by atoms with Gasteiger partial charge in [0.25, 0.3) is 0 Å². The topological polar surface area (TPSA) is 33.1 Å². The third kappa shape index (κ3) is 1.95. The summed E-state index contributed by atoms with van der Waals surface area (Å²) in [4.78, 5) is 4.49. The molecule has 0 amide bonds. The van der Waals surface area contributed by atoms with Gasteiger partial charge in [-0.2, -0.15) is 0 Å². The standard InChI is InChI=1S/C12H17NO/c1-9-5-4-7-11(13-9)10-6-2-3-8-12(10)14/h4-5,7,10,12,14H,2-3,6,8H2,1H3/t10-,12+/m0/s1. The molecule has 1 aliphatic carbocycles. The number of aliphatic hydroxyl groups excluding tert-OH is 1. The van der Waals surface area contributed by atoms with E-state index in [1.165, 1.54) is 6.42 Å². The monoisotopic (exact) mass is 191 g/mol. The Labute approximate surface area is 85.0 Å². The van der Waals surface area contributed by atoms with Crippen molar-refractivity contribution in [2.75, 3.05) is 0 Å². The SMILES string of the molecule is Cc1cccc([C@@H]2CCCC[C@H]2O)n1. The minimum atomic E-state index is -0.182. The van der Waals surface area contributed by atoms with Crippen molar-refractivity contribution in [2.45, 2.75) is 44.6 Å². The quantitative estimate of drug-likeness (QED) is 0.739. The van der Waals surface area contributed by atoms with Crippen molar-refractivity contribution in [3.63, 3.8) is 0 Å². The lowest BCUT2D eigenvalue weighted by atomic mass is 9.84. The highest BCUT2D eigenvalue weighted by molar-refractivity contribution is 5.15. The molecule has 1 fully saturated rings. The molecule has 2 nitrogen and oxygen atoms in total. The maximum Gasteiger partial charge on any atom is 0.0623 e. The number of aromatic nitrogens is 1. The zero-order chi connectivity index (χ0) is 9.97. The van der Waals surface area contributed by atoms with Crippen LogP contribution < -0.4 is 0 Å². The van der Waals surface area contributed by atoms with Crippen molar-refractivity contribution >= 4 is 0 Å². The summed E-state index contributed by atoms with van der Waals surface area (Å²) in [5.41, 5.74) is 2.11. The Morgan fingerprint density at radius 1 is 1.29 bits per heavy atom. The molecule has 76 valence electrons. The fourth-order valence-corrected chi connectivity index (χ4v) is 2.23. The van der Waals surface area contributed by atoms with E-state index in [2.05, 4.69) is 4.98 Å². The summed E-state index contributed by atoms with van der Waals surface area (Å²) < 4.78 is 0. The fourth-order valence-electron chi connectivity index (χ4n) is 2.23. The molecule has 2 atom stereocenters. The molecule has 1 aromatic heterocycles. The summed E-state index contributed by atoms with van der Waals surface area (Å²) in [6.07, 6.45) is 4.21. The van der Waals surface area contributed by atoms with E-state index in [0.29, 0.717) is 0 Å². The van der Waals surface area contributed by atoms with E-state index in [-0.39, 0.29) is 12.0 Å². The van der Waals surface area contributed by atoms with Gasteiger partial charge in [0.05, 0.1) is 6.10 Å². The van der Waals surface area contributed by atoms with Gasteiger partial charge in [-0.05, 0) is 31.9 Å². The predicted octanol–water partition coefficient (Wildman–Crippen LogP) is 2.41. The zero-order valence-electron chi connectivity index (χ0n) is 8.61. The smallest absolute Gasteiger partial charge is 0.0623 e. The largest absolute Gasteiger partial charge is 0.392 e. The van der Waals surface area contributed by atoms with E-state index in [9.17, 15) is 5.11 Å². The molecule has 0 bridgehead atoms. The number of aliphatic hydroxyl groups is 1. The molecular formula is C12H17NO. The number of pyridine rings is 1. The van der Waals surface area contributed by atoms with E-state index in [4.69, 9.17) is 0 Å². The van der Waals surface area contributed by atoms with Gasteiger partial charge in [0.1, 0.15) is 0 Å². The summed E-state index contributed by atoms with van der Waals surface area (Å²) in [6.45, 7) is 2.00. The maximum absolute atomic E-state index is 9.87. The molecule has 14 heavy (non-hydrogen) atoms. The van der Waals surface area contributed by atoms with Gasteiger partial charge < -0.3 is 5.11 Å². The summed E-state index contributed by atoms with van der Waals surface area (Å²) in [7, 11) is 0. The summed E-state index contributed by atoms with van der Waals surface area (Å²) in [6, 6.07) is 6.06. The van der Waals surface area contributed by atoms with E-state index >= 15 is 0 Å². The number of aryl methyl sites for hydroxylation is 1. The zero-order valence-corrected chi connectivity index (χ0v) is 8.61. The van der Waals surface area contributed by atoms with Gasteiger partial charge in [-0.15, -0.1) is 0 Å². The van der Waals surface area contributed by atoms with Crippen LogP contribution in [0.5, 0.6) is 0 Å². The molecule has 0 saturated heterocycles. The second-order valence-corrected chi connectivity index (χ2v) is 4.16. The first-order valence-corrected chi connectivity index (χ1v) is 5.39. The highest BCUT2D eigenvalue weighted by Gasteiger charge is 2.25. The Balaban J connectivity index is 2.20. The van der Waals surface area contributed by atoms with Gasteiger partial charge in [0, 0.05) is 17.3 Å². The van der Waals surface area contributed by atoms with Crippen LogP contribution in [-0.2, 0) is 0 Å². The number of nitrogens with zero attached hydrogens (tertiary/aromatic N) is 1. The second kappa shape index (κ2) is 4.09. The van der Waals surface area contributed by atoms with Crippen molar-refractivity contribution in [1.29, 1.82) is 0 Å². The molecule has 2 rings (SSSR count). The van der Waals surface area contributed by atoms with Crippen molar-refractivity contribution in [2.24, 2.45) is 0 Å². The lowest BCUT2D eigenvalue weighted by Gasteiger charge is -2.27. The molecule has 0 spiro atoms. The van der Waals surface area contributed by atoms with Crippen molar-refractivity contribution in [1.82, 2.24) is 4.98 Å². The Hall–Kier alpha value is -0.890. The third-order valence-electron chi connectivity index (χ3n) is 3.02. The number of rotatable bonds is 1. The van der Waals surface area contributed by atoms with Gasteiger partial charge in [-0.1, -0.05) is 18.9 Å². The van der Waals surface area contributed by atoms with Crippen molar-refractivity contribution in [3.8, 4) is 0 Å². The number of hydrogen-bond donors (Lipinski definition) is 1. The summed E-state index contributed by atoms with van der Waals surface area (Å²) in [5, 5.41) is 9.87. The first-order chi connectivity index (χ1) is 6.77. The Morgan fingerprint density at radius 3 is 2.79 bits per heavy atom. The maximum atomic E-state index is 9.87. The Kier molecular flexibility index (Phi) is 2.82. The first-order valence-electron chi connectivity index (χ1n) is 5.39. The average Bonchev–Trinajstić information content (AvgIpc) is 2.18. The van der Waals surface area contributed by atoms with Crippen molar-refractivity contribution < 1.29 is 5.11 Å². The Morgan fingerprint density at radius 2 is 2.07 bits per heavy atom. The van der Waals surface area contributed by atoms with E-state index in [1.54, 1.807) is 0 Å². The van der Waals surface area contributed by atoms with Crippen LogP contribution in [0.4, 0.5) is 0 Å². The van der Waals surface area contributed by atoms with Gasteiger partial charge in [0.2, 0.25) is 0 Å². The van der Waals surface area contributed by atoms with Crippen molar-refractivity contribution in [3.05, 3.63) is 29.6 Å². The number of hydrogen-bond acceptors (Lipinski definition) is 2. The van der Waals surface area contributed by atoms with E-state index < -0.39 is 0 Å². The molecule has 0 aromatic carbocycles. The summed E-state index contributed by atoms with van der Waals surface area (Å²) in [5.74, 6) is 0.267. The lowest BCUT2D eigenvalue weighted by Crippen LogP contribution is -2.23. The minimum absolute atomic E-state index is 0.182. The molecule has 2 heteroatoms. The molecule has 0 aliphatic heterocycles. The molecule has 0 radical (unpaired) electrons. The highest BCUT2D eigenvalue weighted by atomic mass is 16.3. The van der Waals surface area contributed by atoms with Crippen LogP contribution in [0.15, 0.2) is 18.2 Å². The second-order valence-electron chi connectivity index (χ2n) is 4.16. The van der Waals surface area contributed by atoms with Crippen LogP contribution in [0, 0.1) is 6.92 Å².